The molecule has 0 radical (unpaired) electrons. The van der Waals surface area contributed by atoms with E-state index in [-0.39, 0.29) is 33.0 Å². The summed E-state index contributed by atoms with van der Waals surface area (Å²) in [7, 11) is 0. The van der Waals surface area contributed by atoms with Crippen LogP contribution in [0.3, 0.4) is 0 Å². The van der Waals surface area contributed by atoms with Crippen molar-refractivity contribution in [3.8, 4) is 0 Å². The number of hydrogen-bond donors (Lipinski definition) is 2. The van der Waals surface area contributed by atoms with Crippen molar-refractivity contribution in [3.63, 3.8) is 0 Å². The third-order valence-electron chi connectivity index (χ3n) is 5.46. The molecule has 0 bridgehead atoms. The molecule has 3 aromatic rings. The Balaban J connectivity index is 1.76. The minimum Gasteiger partial charge on any atom is -0.342 e. The number of rotatable bonds is 10. The number of anilines is 1. The molecule has 0 aliphatic heterocycles. The largest absolute Gasteiger partial charge is 0.416 e. The zero-order valence-corrected chi connectivity index (χ0v) is 24.2. The predicted octanol–water partition coefficient (Wildman–Crippen LogP) is 7.53. The molecule has 2 amide bonds. The molecule has 39 heavy (non-hydrogen) atoms. The maximum absolute atomic E-state index is 13.0. The lowest BCUT2D eigenvalue weighted by atomic mass is 10.0. The van der Waals surface area contributed by atoms with Gasteiger partial charge in [-0.1, -0.05) is 60.4 Å². The number of benzene rings is 2. The fourth-order valence-electron chi connectivity index (χ4n) is 3.69. The van der Waals surface area contributed by atoms with Gasteiger partial charge in [-0.3, -0.25) is 9.59 Å². The summed E-state index contributed by atoms with van der Waals surface area (Å²) >= 11 is 19.2. The minimum atomic E-state index is -4.58. The van der Waals surface area contributed by atoms with E-state index < -0.39 is 29.6 Å². The number of halogens is 6. The zero-order chi connectivity index (χ0) is 28.9. The number of aromatic nitrogens is 3. The summed E-state index contributed by atoms with van der Waals surface area (Å²) in [5.41, 5.74) is -0.810. The van der Waals surface area contributed by atoms with E-state index in [1.807, 2.05) is 20.8 Å². The van der Waals surface area contributed by atoms with Gasteiger partial charge in [0.05, 0.1) is 38.7 Å². The quantitative estimate of drug-likeness (QED) is 0.228. The van der Waals surface area contributed by atoms with Crippen molar-refractivity contribution in [2.24, 2.45) is 5.92 Å². The molecule has 7 nitrogen and oxygen atoms in total. The topological polar surface area (TPSA) is 88.9 Å². The molecule has 14 heteroatoms. The molecule has 1 heterocycles. The molecule has 2 aromatic carbocycles. The van der Waals surface area contributed by atoms with Crippen molar-refractivity contribution in [1.82, 2.24) is 20.1 Å². The SMILES string of the molecule is CCn1c(SCC(=O)Nc2cc(C(F)(F)F)ccc2Cl)nnc1[C@H](CC(C)C)NC(=O)c1ccc(Cl)cc1Cl. The fraction of sp³-hybridized carbons (Fsp3) is 0.360. The molecule has 0 spiro atoms. The Bertz CT molecular complexity index is 1350. The molecule has 0 unspecified atom stereocenters. The van der Waals surface area contributed by atoms with Crippen LogP contribution in [-0.4, -0.2) is 32.3 Å². The number of carbonyl (C=O) groups excluding carboxylic acids is 2. The maximum atomic E-state index is 13.0. The lowest BCUT2D eigenvalue weighted by molar-refractivity contribution is -0.137. The lowest BCUT2D eigenvalue weighted by Crippen LogP contribution is -2.32. The van der Waals surface area contributed by atoms with Gasteiger partial charge in [0.15, 0.2) is 11.0 Å². The summed E-state index contributed by atoms with van der Waals surface area (Å²) in [6.45, 7) is 6.31. The van der Waals surface area contributed by atoms with Crippen LogP contribution >= 0.6 is 46.6 Å². The van der Waals surface area contributed by atoms with Crippen LogP contribution < -0.4 is 10.6 Å². The summed E-state index contributed by atoms with van der Waals surface area (Å²) in [4.78, 5) is 25.5. The summed E-state index contributed by atoms with van der Waals surface area (Å²) < 4.78 is 40.9. The van der Waals surface area contributed by atoms with E-state index in [0.717, 1.165) is 30.0 Å². The van der Waals surface area contributed by atoms with E-state index in [4.69, 9.17) is 34.8 Å². The Morgan fingerprint density at radius 2 is 1.77 bits per heavy atom. The van der Waals surface area contributed by atoms with Gasteiger partial charge < -0.3 is 15.2 Å². The second kappa shape index (κ2) is 13.3. The van der Waals surface area contributed by atoms with E-state index >= 15 is 0 Å². The van der Waals surface area contributed by atoms with Crippen LogP contribution in [0.4, 0.5) is 18.9 Å². The van der Waals surface area contributed by atoms with E-state index in [1.54, 1.807) is 10.6 Å². The van der Waals surface area contributed by atoms with Crippen molar-refractivity contribution in [2.75, 3.05) is 11.1 Å². The van der Waals surface area contributed by atoms with Gasteiger partial charge in [-0.25, -0.2) is 0 Å². The van der Waals surface area contributed by atoms with Crippen LogP contribution in [0.1, 0.15) is 55.0 Å². The second-order valence-electron chi connectivity index (χ2n) is 8.89. The normalized spacial score (nSPS) is 12.5. The molecule has 1 aromatic heterocycles. The highest BCUT2D eigenvalue weighted by molar-refractivity contribution is 7.99. The Morgan fingerprint density at radius 3 is 2.38 bits per heavy atom. The molecular weight excluding hydrogens is 598 g/mol. The van der Waals surface area contributed by atoms with Crippen molar-refractivity contribution in [3.05, 3.63) is 68.4 Å². The van der Waals surface area contributed by atoms with Gasteiger partial charge >= 0.3 is 6.18 Å². The summed E-state index contributed by atoms with van der Waals surface area (Å²) in [5.74, 6) is -0.449. The van der Waals surface area contributed by atoms with Gasteiger partial charge in [-0.05, 0) is 55.7 Å². The highest BCUT2D eigenvalue weighted by Gasteiger charge is 2.31. The van der Waals surface area contributed by atoms with Gasteiger partial charge in [-0.2, -0.15) is 13.2 Å². The van der Waals surface area contributed by atoms with Crippen LogP contribution in [0.15, 0.2) is 41.6 Å². The first kappa shape index (κ1) is 31.1. The average Bonchev–Trinajstić information content (AvgIpc) is 3.25. The molecule has 0 aliphatic carbocycles. The molecule has 1 atom stereocenters. The Labute approximate surface area is 242 Å². The van der Waals surface area contributed by atoms with Gasteiger partial charge in [0.1, 0.15) is 0 Å². The number of alkyl halides is 3. The first-order chi connectivity index (χ1) is 18.3. The van der Waals surface area contributed by atoms with Gasteiger partial charge in [0.25, 0.3) is 5.91 Å². The van der Waals surface area contributed by atoms with E-state index in [9.17, 15) is 22.8 Å². The van der Waals surface area contributed by atoms with Crippen LogP contribution in [0, 0.1) is 5.92 Å². The number of thioether (sulfide) groups is 1. The van der Waals surface area contributed by atoms with Crippen LogP contribution in [0.25, 0.3) is 0 Å². The average molecular weight is 623 g/mol. The zero-order valence-electron chi connectivity index (χ0n) is 21.1. The number of hydrogen-bond acceptors (Lipinski definition) is 5. The first-order valence-corrected chi connectivity index (χ1v) is 13.9. The van der Waals surface area contributed by atoms with Crippen molar-refractivity contribution < 1.29 is 22.8 Å². The third-order valence-corrected chi connectivity index (χ3v) is 7.31. The number of nitrogens with one attached hydrogen (secondary N) is 2. The summed E-state index contributed by atoms with van der Waals surface area (Å²) in [6, 6.07) is 6.77. The van der Waals surface area contributed by atoms with Crippen LogP contribution in [0.5, 0.6) is 0 Å². The van der Waals surface area contributed by atoms with Gasteiger partial charge in [0.2, 0.25) is 5.91 Å². The summed E-state index contributed by atoms with van der Waals surface area (Å²) in [5, 5.41) is 14.9. The molecule has 0 fully saturated rings. The maximum Gasteiger partial charge on any atom is 0.416 e. The molecule has 3 rings (SSSR count). The van der Waals surface area contributed by atoms with Gasteiger partial charge in [0, 0.05) is 11.6 Å². The van der Waals surface area contributed by atoms with Crippen molar-refractivity contribution >= 4 is 64.1 Å². The lowest BCUT2D eigenvalue weighted by Gasteiger charge is -2.21. The monoisotopic (exact) mass is 621 g/mol. The van der Waals surface area contributed by atoms with E-state index in [0.29, 0.717) is 29.0 Å². The number of carbonyl (C=O) groups is 2. The first-order valence-electron chi connectivity index (χ1n) is 11.8. The number of amides is 2. The molecule has 0 saturated heterocycles. The summed E-state index contributed by atoms with van der Waals surface area (Å²) in [6.07, 6.45) is -4.03. The molecule has 0 saturated carbocycles. The van der Waals surface area contributed by atoms with Gasteiger partial charge in [-0.15, -0.1) is 10.2 Å². The third kappa shape index (κ3) is 8.26. The molecule has 0 aliphatic rings. The van der Waals surface area contributed by atoms with E-state index in [2.05, 4.69) is 20.8 Å². The molecule has 2 N–H and O–H groups in total. The van der Waals surface area contributed by atoms with Crippen LogP contribution in [-0.2, 0) is 17.5 Å². The highest BCUT2D eigenvalue weighted by atomic mass is 35.5. The van der Waals surface area contributed by atoms with Crippen molar-refractivity contribution in [1.29, 1.82) is 0 Å². The van der Waals surface area contributed by atoms with Crippen molar-refractivity contribution in [2.45, 2.75) is 51.1 Å². The Kier molecular flexibility index (Phi) is 10.6. The predicted molar refractivity (Wildman–Crippen MR) is 148 cm³/mol. The molecular formula is C25H25Cl3F3N5O2S. The Morgan fingerprint density at radius 1 is 1.05 bits per heavy atom. The van der Waals surface area contributed by atoms with Crippen LogP contribution in [0.2, 0.25) is 15.1 Å². The fourth-order valence-corrected chi connectivity index (χ4v) is 5.15. The number of nitrogens with zero attached hydrogens (tertiary/aromatic N) is 3. The second-order valence-corrected chi connectivity index (χ2v) is 11.1. The smallest absolute Gasteiger partial charge is 0.342 e. The minimum absolute atomic E-state index is 0.0200. The molecule has 210 valence electrons. The Hall–Kier alpha value is -2.47. The standard InChI is InChI=1S/C25H25Cl3F3N5O2S/c1-4-36-22(20(9-13(2)3)33-23(38)16-7-6-15(26)11-18(16)28)34-35-24(36)39-12-21(37)32-19-10-14(25(29,30)31)5-8-17(19)27/h5-8,10-11,13,20H,4,9,12H2,1-3H3,(H,32,37)(H,33,38)/t20-/m0/s1. The van der Waals surface area contributed by atoms with E-state index in [1.165, 1.54) is 12.1 Å². The highest BCUT2D eigenvalue weighted by Crippen LogP contribution is 2.34.